The van der Waals surface area contributed by atoms with E-state index in [2.05, 4.69) is 36.8 Å². The van der Waals surface area contributed by atoms with Crippen LogP contribution in [0.1, 0.15) is 0 Å². The molecule has 1 aromatic heterocycles. The standard InChI is InChI=1S/C17H14BrN5O4S2/c1-27-12-4-2-3-10(7-12)19-16-21-22-17(29-16)28-9-15(24)20-14-6-5-11(23(25)26)8-13(14)18/h2-8H,9H2,1H3,(H,19,21)(H,20,24). The first-order valence-electron chi connectivity index (χ1n) is 8.06. The Morgan fingerprint density at radius 3 is 2.86 bits per heavy atom. The van der Waals surface area contributed by atoms with E-state index in [1.165, 1.54) is 41.3 Å². The number of nitrogens with zero attached hydrogens (tertiary/aromatic N) is 3. The van der Waals surface area contributed by atoms with Crippen LogP contribution in [-0.4, -0.2) is 33.9 Å². The van der Waals surface area contributed by atoms with Crippen LogP contribution >= 0.6 is 39.0 Å². The Balaban J connectivity index is 1.54. The number of nitrogens with one attached hydrogen (secondary N) is 2. The Morgan fingerprint density at radius 2 is 2.14 bits per heavy atom. The van der Waals surface area contributed by atoms with Crippen molar-refractivity contribution in [3.63, 3.8) is 0 Å². The minimum absolute atomic E-state index is 0.0609. The van der Waals surface area contributed by atoms with Crippen LogP contribution < -0.4 is 15.4 Å². The highest BCUT2D eigenvalue weighted by Crippen LogP contribution is 2.30. The van der Waals surface area contributed by atoms with Gasteiger partial charge in [-0.3, -0.25) is 14.9 Å². The number of aromatic nitrogens is 2. The van der Waals surface area contributed by atoms with Gasteiger partial charge < -0.3 is 15.4 Å². The topological polar surface area (TPSA) is 119 Å². The molecule has 0 bridgehead atoms. The van der Waals surface area contributed by atoms with E-state index in [0.717, 1.165) is 11.4 Å². The van der Waals surface area contributed by atoms with Crippen LogP contribution in [0.2, 0.25) is 0 Å². The van der Waals surface area contributed by atoms with Crippen LogP contribution in [0.15, 0.2) is 51.3 Å². The van der Waals surface area contributed by atoms with E-state index < -0.39 is 4.92 Å². The van der Waals surface area contributed by atoms with Gasteiger partial charge >= 0.3 is 0 Å². The predicted octanol–water partition coefficient (Wildman–Crippen LogP) is 4.69. The third-order valence-electron chi connectivity index (χ3n) is 3.49. The molecule has 9 nitrogen and oxygen atoms in total. The number of ether oxygens (including phenoxy) is 1. The van der Waals surface area contributed by atoms with E-state index in [1.807, 2.05) is 24.3 Å². The number of halogens is 1. The number of amides is 1. The second kappa shape index (κ2) is 9.67. The highest BCUT2D eigenvalue weighted by atomic mass is 79.9. The molecule has 3 aromatic rings. The lowest BCUT2D eigenvalue weighted by molar-refractivity contribution is -0.384. The number of nitro benzene ring substituents is 1. The van der Waals surface area contributed by atoms with Crippen LogP contribution in [0.3, 0.4) is 0 Å². The Labute approximate surface area is 182 Å². The lowest BCUT2D eigenvalue weighted by Gasteiger charge is -2.06. The average molecular weight is 496 g/mol. The first-order chi connectivity index (χ1) is 13.9. The Bertz CT molecular complexity index is 1050. The molecule has 0 spiro atoms. The molecule has 2 aromatic carbocycles. The van der Waals surface area contributed by atoms with Crippen molar-refractivity contribution in [1.29, 1.82) is 0 Å². The van der Waals surface area contributed by atoms with Gasteiger partial charge in [0.15, 0.2) is 4.34 Å². The normalized spacial score (nSPS) is 10.4. The zero-order chi connectivity index (χ0) is 20.8. The van der Waals surface area contributed by atoms with Gasteiger partial charge in [-0.2, -0.15) is 0 Å². The molecule has 0 unspecified atom stereocenters. The summed E-state index contributed by atoms with van der Waals surface area (Å²) in [5.41, 5.74) is 1.21. The number of non-ortho nitro benzene ring substituents is 1. The number of hydrogen-bond acceptors (Lipinski definition) is 9. The molecule has 2 N–H and O–H groups in total. The summed E-state index contributed by atoms with van der Waals surface area (Å²) in [7, 11) is 1.60. The van der Waals surface area contributed by atoms with Gasteiger partial charge in [0.2, 0.25) is 11.0 Å². The maximum absolute atomic E-state index is 12.2. The third kappa shape index (κ3) is 5.89. The second-order valence-electron chi connectivity index (χ2n) is 5.49. The zero-order valence-corrected chi connectivity index (χ0v) is 18.1. The Kier molecular flexibility index (Phi) is 7.01. The number of anilines is 3. The SMILES string of the molecule is COc1cccc(Nc2nnc(SCC(=O)Nc3ccc([N+](=O)[O-])cc3Br)s2)c1. The number of thioether (sulfide) groups is 1. The van der Waals surface area contributed by atoms with Crippen molar-refractivity contribution in [1.82, 2.24) is 10.2 Å². The van der Waals surface area contributed by atoms with Gasteiger partial charge in [-0.1, -0.05) is 29.2 Å². The van der Waals surface area contributed by atoms with Crippen LogP contribution in [0.5, 0.6) is 5.75 Å². The smallest absolute Gasteiger partial charge is 0.270 e. The van der Waals surface area contributed by atoms with Gasteiger partial charge in [-0.15, -0.1) is 10.2 Å². The molecule has 3 rings (SSSR count). The van der Waals surface area contributed by atoms with Crippen molar-refractivity contribution in [2.24, 2.45) is 0 Å². The van der Waals surface area contributed by atoms with Crippen molar-refractivity contribution in [2.45, 2.75) is 4.34 Å². The summed E-state index contributed by atoms with van der Waals surface area (Å²) < 4.78 is 6.25. The van der Waals surface area contributed by atoms with Crippen LogP contribution in [-0.2, 0) is 4.79 Å². The molecule has 0 radical (unpaired) electrons. The zero-order valence-electron chi connectivity index (χ0n) is 14.9. The van der Waals surface area contributed by atoms with E-state index in [9.17, 15) is 14.9 Å². The van der Waals surface area contributed by atoms with Gasteiger partial charge in [0.1, 0.15) is 5.75 Å². The van der Waals surface area contributed by atoms with Crippen molar-refractivity contribution < 1.29 is 14.5 Å². The van der Waals surface area contributed by atoms with Crippen molar-refractivity contribution in [2.75, 3.05) is 23.5 Å². The monoisotopic (exact) mass is 495 g/mol. The first-order valence-corrected chi connectivity index (χ1v) is 10.7. The maximum Gasteiger partial charge on any atom is 0.270 e. The molecular formula is C17H14BrN5O4S2. The van der Waals surface area contributed by atoms with Crippen LogP contribution in [0, 0.1) is 10.1 Å². The van der Waals surface area contributed by atoms with Gasteiger partial charge in [0.25, 0.3) is 5.69 Å². The van der Waals surface area contributed by atoms with E-state index >= 15 is 0 Å². The number of carbonyl (C=O) groups excluding carboxylic acids is 1. The minimum Gasteiger partial charge on any atom is -0.497 e. The molecule has 12 heteroatoms. The lowest BCUT2D eigenvalue weighted by Crippen LogP contribution is -2.14. The summed E-state index contributed by atoms with van der Waals surface area (Å²) in [6.45, 7) is 0. The average Bonchev–Trinajstić information content (AvgIpc) is 3.15. The molecule has 0 saturated carbocycles. The summed E-state index contributed by atoms with van der Waals surface area (Å²) in [5.74, 6) is 0.585. The Morgan fingerprint density at radius 1 is 1.31 bits per heavy atom. The third-order valence-corrected chi connectivity index (χ3v) is 6.12. The molecule has 29 heavy (non-hydrogen) atoms. The van der Waals surface area contributed by atoms with E-state index in [0.29, 0.717) is 19.6 Å². The van der Waals surface area contributed by atoms with Crippen LogP contribution in [0.4, 0.5) is 22.2 Å². The second-order valence-corrected chi connectivity index (χ2v) is 8.54. The fourth-order valence-corrected chi connectivity index (χ4v) is 4.21. The largest absolute Gasteiger partial charge is 0.497 e. The first kappa shape index (κ1) is 21.0. The summed E-state index contributed by atoms with van der Waals surface area (Å²) >= 11 is 5.79. The molecule has 0 aliphatic rings. The number of rotatable bonds is 8. The number of carbonyl (C=O) groups is 1. The number of methoxy groups -OCH3 is 1. The Hall–Kier alpha value is -2.70. The minimum atomic E-state index is -0.501. The maximum atomic E-state index is 12.2. The summed E-state index contributed by atoms with van der Waals surface area (Å²) in [6.07, 6.45) is 0. The van der Waals surface area contributed by atoms with E-state index in [1.54, 1.807) is 7.11 Å². The fraction of sp³-hybridized carbons (Fsp3) is 0.118. The van der Waals surface area contributed by atoms with Gasteiger partial charge in [0, 0.05) is 28.4 Å². The fourth-order valence-electron chi connectivity index (χ4n) is 2.18. The van der Waals surface area contributed by atoms with Crippen molar-refractivity contribution in [3.05, 3.63) is 57.1 Å². The summed E-state index contributed by atoms with van der Waals surface area (Å²) in [4.78, 5) is 22.4. The molecule has 150 valence electrons. The molecule has 0 aliphatic carbocycles. The molecule has 0 fully saturated rings. The predicted molar refractivity (Wildman–Crippen MR) is 116 cm³/mol. The highest BCUT2D eigenvalue weighted by molar-refractivity contribution is 9.10. The number of hydrogen-bond donors (Lipinski definition) is 2. The van der Waals surface area contributed by atoms with E-state index in [-0.39, 0.29) is 17.3 Å². The van der Waals surface area contributed by atoms with Crippen LogP contribution in [0.25, 0.3) is 0 Å². The molecule has 1 amide bonds. The lowest BCUT2D eigenvalue weighted by atomic mass is 10.3. The highest BCUT2D eigenvalue weighted by Gasteiger charge is 2.13. The summed E-state index contributed by atoms with van der Waals surface area (Å²) in [5, 5.41) is 25.3. The number of nitro groups is 1. The van der Waals surface area contributed by atoms with Gasteiger partial charge in [-0.25, -0.2) is 0 Å². The van der Waals surface area contributed by atoms with Gasteiger partial charge in [-0.05, 0) is 34.1 Å². The summed E-state index contributed by atoms with van der Waals surface area (Å²) in [6, 6.07) is 11.6. The molecular weight excluding hydrogens is 482 g/mol. The number of benzene rings is 2. The molecule has 0 atom stereocenters. The molecule has 0 saturated heterocycles. The quantitative estimate of drug-likeness (QED) is 0.262. The van der Waals surface area contributed by atoms with Crippen molar-refractivity contribution in [3.8, 4) is 5.75 Å². The molecule has 0 aliphatic heterocycles. The van der Waals surface area contributed by atoms with E-state index in [4.69, 9.17) is 4.74 Å². The van der Waals surface area contributed by atoms with Gasteiger partial charge in [0.05, 0.1) is 23.5 Å². The van der Waals surface area contributed by atoms with Crippen molar-refractivity contribution >= 4 is 67.1 Å². The molecule has 1 heterocycles.